The molecule has 0 bridgehead atoms. The average molecular weight is 423 g/mol. The van der Waals surface area contributed by atoms with E-state index in [0.29, 0.717) is 27.6 Å². The molecule has 3 aromatic rings. The van der Waals surface area contributed by atoms with Gasteiger partial charge in [0.05, 0.1) is 0 Å². The van der Waals surface area contributed by atoms with Crippen LogP contribution in [0, 0.1) is 0 Å². The molecule has 5 nitrogen and oxygen atoms in total. The second kappa shape index (κ2) is 5.97. The highest BCUT2D eigenvalue weighted by atomic mass is 79.9. The van der Waals surface area contributed by atoms with Gasteiger partial charge in [0.2, 0.25) is 6.79 Å². The predicted octanol–water partition coefficient (Wildman–Crippen LogP) is 4.54. The lowest BCUT2D eigenvalue weighted by molar-refractivity contribution is -0.137. The Morgan fingerprint density at radius 1 is 1.24 bits per heavy atom. The fourth-order valence-electron chi connectivity index (χ4n) is 3.21. The molecule has 25 heavy (non-hydrogen) atoms. The standard InChI is InChI=1S/C18H13BrClNO4/c1-21-7-12(10-3-2-9(19)4-14(10)21)17(18(22)23)11-5-15-16(6-13(11)20)25-8-24-15/h2-7,17H,8H2,1H3,(H,22,23). The first-order valence-electron chi connectivity index (χ1n) is 7.52. The van der Waals surface area contributed by atoms with Gasteiger partial charge in [0.25, 0.3) is 0 Å². The van der Waals surface area contributed by atoms with Crippen molar-refractivity contribution in [2.75, 3.05) is 6.79 Å². The lowest BCUT2D eigenvalue weighted by Crippen LogP contribution is -2.13. The summed E-state index contributed by atoms with van der Waals surface area (Å²) in [6, 6.07) is 9.02. The fourth-order valence-corrected chi connectivity index (χ4v) is 3.82. The summed E-state index contributed by atoms with van der Waals surface area (Å²) in [5.41, 5.74) is 2.10. The third kappa shape index (κ3) is 2.65. The van der Waals surface area contributed by atoms with Crippen LogP contribution in [-0.2, 0) is 11.8 Å². The number of fused-ring (bicyclic) bond motifs is 2. The van der Waals surface area contributed by atoms with Gasteiger partial charge in [-0.25, -0.2) is 0 Å². The number of nitrogens with zero attached hydrogens (tertiary/aromatic N) is 1. The predicted molar refractivity (Wildman–Crippen MR) is 97.7 cm³/mol. The van der Waals surface area contributed by atoms with Gasteiger partial charge in [0.15, 0.2) is 11.5 Å². The second-order valence-electron chi connectivity index (χ2n) is 5.86. The van der Waals surface area contributed by atoms with E-state index >= 15 is 0 Å². The van der Waals surface area contributed by atoms with Crippen LogP contribution >= 0.6 is 27.5 Å². The Balaban J connectivity index is 1.94. The molecule has 0 spiro atoms. The molecule has 1 aliphatic heterocycles. The number of carbonyl (C=O) groups is 1. The fraction of sp³-hybridized carbons (Fsp3) is 0.167. The summed E-state index contributed by atoms with van der Waals surface area (Å²) < 4.78 is 13.5. The summed E-state index contributed by atoms with van der Waals surface area (Å²) in [6.45, 7) is 0.106. The van der Waals surface area contributed by atoms with Crippen LogP contribution in [0.1, 0.15) is 17.0 Å². The first-order chi connectivity index (χ1) is 12.0. The van der Waals surface area contributed by atoms with E-state index in [1.807, 2.05) is 36.0 Å². The van der Waals surface area contributed by atoms with Gasteiger partial charge in [-0.15, -0.1) is 0 Å². The summed E-state index contributed by atoms with van der Waals surface area (Å²) in [5, 5.41) is 11.1. The van der Waals surface area contributed by atoms with E-state index in [1.165, 1.54) is 0 Å². The third-order valence-corrected chi connectivity index (χ3v) is 5.16. The monoisotopic (exact) mass is 421 g/mol. The summed E-state index contributed by atoms with van der Waals surface area (Å²) in [6.07, 6.45) is 1.83. The topological polar surface area (TPSA) is 60.7 Å². The van der Waals surface area contributed by atoms with Crippen molar-refractivity contribution in [3.63, 3.8) is 0 Å². The maximum atomic E-state index is 12.1. The number of carboxylic acid groups (broad SMARTS) is 1. The molecule has 1 aromatic heterocycles. The van der Waals surface area contributed by atoms with Gasteiger partial charge in [0, 0.05) is 39.7 Å². The number of ether oxygens (including phenoxy) is 2. The molecule has 0 aliphatic carbocycles. The number of benzene rings is 2. The molecule has 0 fully saturated rings. The van der Waals surface area contributed by atoms with Crippen LogP contribution in [0.25, 0.3) is 10.9 Å². The molecule has 2 aromatic carbocycles. The molecule has 128 valence electrons. The lowest BCUT2D eigenvalue weighted by atomic mass is 9.90. The van der Waals surface area contributed by atoms with E-state index in [0.717, 1.165) is 15.4 Å². The van der Waals surface area contributed by atoms with Gasteiger partial charge in [-0.1, -0.05) is 33.6 Å². The van der Waals surface area contributed by atoms with Gasteiger partial charge in [-0.3, -0.25) is 4.79 Å². The van der Waals surface area contributed by atoms with Crippen molar-refractivity contribution in [1.82, 2.24) is 4.57 Å². The molecule has 1 unspecified atom stereocenters. The largest absolute Gasteiger partial charge is 0.481 e. The van der Waals surface area contributed by atoms with Crippen molar-refractivity contribution in [1.29, 1.82) is 0 Å². The zero-order valence-corrected chi connectivity index (χ0v) is 15.5. The summed E-state index contributed by atoms with van der Waals surface area (Å²) in [4.78, 5) is 12.1. The first kappa shape index (κ1) is 16.3. The Bertz CT molecular complexity index is 1010. The van der Waals surface area contributed by atoms with Crippen LogP contribution in [0.5, 0.6) is 11.5 Å². The average Bonchev–Trinajstić information content (AvgIpc) is 3.12. The molecule has 1 N–H and O–H groups in total. The summed E-state index contributed by atoms with van der Waals surface area (Å²) in [7, 11) is 1.89. The SMILES string of the molecule is Cn1cc(C(C(=O)O)c2cc3c(cc2Cl)OCO3)c2ccc(Br)cc21. The molecule has 4 rings (SSSR count). The summed E-state index contributed by atoms with van der Waals surface area (Å²) in [5.74, 6) is -0.851. The maximum absolute atomic E-state index is 12.1. The van der Waals surface area contributed by atoms with Gasteiger partial charge in [-0.05, 0) is 29.3 Å². The lowest BCUT2D eigenvalue weighted by Gasteiger charge is -2.15. The maximum Gasteiger partial charge on any atom is 0.315 e. The number of halogens is 2. The number of aromatic nitrogens is 1. The van der Waals surface area contributed by atoms with Crippen molar-refractivity contribution < 1.29 is 19.4 Å². The number of hydrogen-bond donors (Lipinski definition) is 1. The molecular weight excluding hydrogens is 410 g/mol. The van der Waals surface area contributed by atoms with E-state index in [1.54, 1.807) is 12.1 Å². The smallest absolute Gasteiger partial charge is 0.315 e. The van der Waals surface area contributed by atoms with Crippen LogP contribution < -0.4 is 9.47 Å². The van der Waals surface area contributed by atoms with E-state index in [2.05, 4.69) is 15.9 Å². The van der Waals surface area contributed by atoms with Crippen LogP contribution in [0.4, 0.5) is 0 Å². The Labute approximate surface area is 156 Å². The van der Waals surface area contributed by atoms with Crippen molar-refractivity contribution >= 4 is 44.4 Å². The van der Waals surface area contributed by atoms with Gasteiger partial charge in [-0.2, -0.15) is 0 Å². The molecule has 0 saturated carbocycles. The van der Waals surface area contributed by atoms with Crippen LogP contribution in [0.3, 0.4) is 0 Å². The molecular formula is C18H13BrClNO4. The molecule has 1 aliphatic rings. The van der Waals surface area contributed by atoms with Crippen LogP contribution in [0.15, 0.2) is 41.0 Å². The summed E-state index contributed by atoms with van der Waals surface area (Å²) >= 11 is 9.82. The number of carboxylic acids is 1. The van der Waals surface area contributed by atoms with Crippen LogP contribution in [0.2, 0.25) is 5.02 Å². The number of hydrogen-bond acceptors (Lipinski definition) is 3. The number of aliphatic carboxylic acids is 1. The number of rotatable bonds is 3. The number of aryl methyl sites for hydroxylation is 1. The Morgan fingerprint density at radius 3 is 2.68 bits per heavy atom. The molecule has 0 saturated heterocycles. The van der Waals surface area contributed by atoms with Crippen molar-refractivity contribution in [3.8, 4) is 11.5 Å². The minimum absolute atomic E-state index is 0.106. The van der Waals surface area contributed by atoms with Gasteiger partial charge < -0.3 is 19.1 Å². The van der Waals surface area contributed by atoms with E-state index in [4.69, 9.17) is 21.1 Å². The van der Waals surface area contributed by atoms with Crippen molar-refractivity contribution in [2.45, 2.75) is 5.92 Å². The Morgan fingerprint density at radius 2 is 1.96 bits per heavy atom. The molecule has 7 heteroatoms. The highest BCUT2D eigenvalue weighted by Crippen LogP contribution is 2.42. The molecule has 2 heterocycles. The van der Waals surface area contributed by atoms with E-state index < -0.39 is 11.9 Å². The normalized spacial score (nSPS) is 14.0. The van der Waals surface area contributed by atoms with Crippen molar-refractivity contribution in [3.05, 3.63) is 57.2 Å². The quantitative estimate of drug-likeness (QED) is 0.673. The van der Waals surface area contributed by atoms with Gasteiger partial charge in [0.1, 0.15) is 5.92 Å². The van der Waals surface area contributed by atoms with Crippen LogP contribution in [-0.4, -0.2) is 22.4 Å². The highest BCUT2D eigenvalue weighted by molar-refractivity contribution is 9.10. The highest BCUT2D eigenvalue weighted by Gasteiger charge is 2.30. The Kier molecular flexibility index (Phi) is 3.89. The molecule has 0 amide bonds. The molecule has 1 atom stereocenters. The van der Waals surface area contributed by atoms with E-state index in [-0.39, 0.29) is 6.79 Å². The third-order valence-electron chi connectivity index (χ3n) is 4.34. The molecule has 0 radical (unpaired) electrons. The van der Waals surface area contributed by atoms with Crippen molar-refractivity contribution in [2.24, 2.45) is 7.05 Å². The minimum atomic E-state index is -0.976. The van der Waals surface area contributed by atoms with Gasteiger partial charge >= 0.3 is 5.97 Å². The first-order valence-corrected chi connectivity index (χ1v) is 8.69. The van der Waals surface area contributed by atoms with E-state index in [9.17, 15) is 9.90 Å². The Hall–Kier alpha value is -2.18. The zero-order valence-electron chi connectivity index (χ0n) is 13.1. The second-order valence-corrected chi connectivity index (χ2v) is 7.18. The zero-order chi connectivity index (χ0) is 17.7. The minimum Gasteiger partial charge on any atom is -0.481 e.